The van der Waals surface area contributed by atoms with Crippen molar-refractivity contribution in [2.24, 2.45) is 0 Å². The van der Waals surface area contributed by atoms with E-state index >= 15 is 0 Å². The SMILES string of the molecule is CC(=O)N[C@@H](CSc1nc2c(=O)[nH]c(N)nc2n1[C@@H]1O[C@@H]2COP(=O)(O)O[C@@H]2C1O)C(=O)NCCOCCOCCOCCOCCOCCCCCCCl. The summed E-state index contributed by atoms with van der Waals surface area (Å²) in [6.45, 7) is 5.34. The second-order valence-electron chi connectivity index (χ2n) is 12.3. The van der Waals surface area contributed by atoms with Crippen LogP contribution < -0.4 is 21.9 Å². The Morgan fingerprint density at radius 3 is 2.27 bits per heavy atom. The monoisotopic (exact) mass is 843 g/mol. The van der Waals surface area contributed by atoms with E-state index in [0.717, 1.165) is 44.1 Å². The van der Waals surface area contributed by atoms with Crippen molar-refractivity contribution >= 4 is 60.1 Å². The Bertz CT molecular complexity index is 1610. The van der Waals surface area contributed by atoms with Crippen LogP contribution >= 0.6 is 31.2 Å². The van der Waals surface area contributed by atoms with E-state index in [-0.39, 0.29) is 54.4 Å². The van der Waals surface area contributed by atoms with Crippen LogP contribution in [-0.2, 0) is 51.6 Å². The van der Waals surface area contributed by atoms with Gasteiger partial charge in [0, 0.05) is 31.7 Å². The van der Waals surface area contributed by atoms with Gasteiger partial charge in [-0.2, -0.15) is 4.98 Å². The van der Waals surface area contributed by atoms with Gasteiger partial charge in [0.1, 0.15) is 24.4 Å². The molecule has 2 aromatic heterocycles. The molecule has 21 nitrogen and oxygen atoms in total. The average molecular weight is 844 g/mol. The van der Waals surface area contributed by atoms with E-state index in [1.54, 1.807) is 0 Å². The van der Waals surface area contributed by atoms with E-state index in [4.69, 9.17) is 54.8 Å². The molecule has 2 saturated heterocycles. The van der Waals surface area contributed by atoms with E-state index < -0.39 is 55.8 Å². The van der Waals surface area contributed by atoms with Crippen LogP contribution in [0.15, 0.2) is 9.95 Å². The molecule has 6 atom stereocenters. The highest BCUT2D eigenvalue weighted by atomic mass is 35.5. The van der Waals surface area contributed by atoms with Crippen LogP contribution in [0.1, 0.15) is 38.8 Å². The summed E-state index contributed by atoms with van der Waals surface area (Å²) in [5.41, 5.74) is 4.90. The minimum Gasteiger partial charge on any atom is -0.386 e. The summed E-state index contributed by atoms with van der Waals surface area (Å²) in [6.07, 6.45) is -0.690. The van der Waals surface area contributed by atoms with Gasteiger partial charge in [0.15, 0.2) is 22.5 Å². The first-order valence-corrected chi connectivity index (χ1v) is 20.9. The van der Waals surface area contributed by atoms with Crippen molar-refractivity contribution < 1.29 is 61.6 Å². The number of carbonyl (C=O) groups excluding carboxylic acids is 2. The highest BCUT2D eigenvalue weighted by molar-refractivity contribution is 7.99. The van der Waals surface area contributed by atoms with Gasteiger partial charge in [0.05, 0.1) is 66.1 Å². The fourth-order valence-electron chi connectivity index (χ4n) is 5.45. The number of H-pyrrole nitrogens is 1. The number of aromatic amines is 1. The minimum absolute atomic E-state index is 0.0590. The van der Waals surface area contributed by atoms with E-state index in [1.165, 1.54) is 11.5 Å². The number of fused-ring (bicyclic) bond motifs is 2. The molecule has 0 spiro atoms. The number of phosphoric acid groups is 1. The van der Waals surface area contributed by atoms with Crippen molar-refractivity contribution in [2.75, 3.05) is 96.6 Å². The molecule has 2 amide bonds. The van der Waals surface area contributed by atoms with Crippen LogP contribution in [-0.4, -0.2) is 157 Å². The van der Waals surface area contributed by atoms with Gasteiger partial charge in [-0.1, -0.05) is 24.6 Å². The molecular weight excluding hydrogens is 793 g/mol. The van der Waals surface area contributed by atoms with Crippen LogP contribution in [0.3, 0.4) is 0 Å². The number of anilines is 1. The molecular formula is C31H51ClN7O14PS. The summed E-state index contributed by atoms with van der Waals surface area (Å²) in [5.74, 6) is -0.595. The maximum atomic E-state index is 13.1. The lowest BCUT2D eigenvalue weighted by Gasteiger charge is -2.27. The van der Waals surface area contributed by atoms with Gasteiger partial charge in [0.2, 0.25) is 17.8 Å². The number of halogens is 1. The van der Waals surface area contributed by atoms with Crippen LogP contribution in [0.4, 0.5) is 5.95 Å². The molecule has 4 rings (SSSR count). The van der Waals surface area contributed by atoms with Gasteiger partial charge < -0.3 is 54.8 Å². The molecule has 0 aromatic carbocycles. The molecule has 7 N–H and O–H groups in total. The molecule has 4 heterocycles. The fourth-order valence-corrected chi connectivity index (χ4v) is 7.64. The van der Waals surface area contributed by atoms with Crippen LogP contribution in [0.2, 0.25) is 0 Å². The van der Waals surface area contributed by atoms with E-state index in [0.29, 0.717) is 52.1 Å². The van der Waals surface area contributed by atoms with Crippen molar-refractivity contribution in [2.45, 2.75) is 68.3 Å². The normalized spacial score (nSPS) is 22.8. The molecule has 2 aliphatic heterocycles. The number of nitrogens with one attached hydrogen (secondary N) is 3. The Hall–Kier alpha value is -2.44. The Balaban J connectivity index is 1.14. The first kappa shape index (κ1) is 45.3. The summed E-state index contributed by atoms with van der Waals surface area (Å²) in [7, 11) is -4.43. The van der Waals surface area contributed by atoms with Crippen molar-refractivity contribution in [1.82, 2.24) is 30.2 Å². The number of nitrogen functional groups attached to an aromatic ring is 1. The Morgan fingerprint density at radius 2 is 1.64 bits per heavy atom. The molecule has 2 unspecified atom stereocenters. The largest absolute Gasteiger partial charge is 0.472 e. The lowest BCUT2D eigenvalue weighted by Crippen LogP contribution is -2.48. The van der Waals surface area contributed by atoms with Gasteiger partial charge in [0.25, 0.3) is 5.56 Å². The maximum Gasteiger partial charge on any atom is 0.472 e. The number of aromatic nitrogens is 4. The number of nitrogens with two attached hydrogens (primary N) is 1. The lowest BCUT2D eigenvalue weighted by molar-refractivity contribution is -0.127. The zero-order valence-corrected chi connectivity index (χ0v) is 33.0. The lowest BCUT2D eigenvalue weighted by atomic mass is 10.1. The predicted molar refractivity (Wildman–Crippen MR) is 198 cm³/mol. The standard InChI is InChI=1S/C31H51ClN7O14PS/c1-20(40)35-21(27(42)34-7-9-47-11-13-49-15-17-50-16-14-48-12-10-46-8-5-3-2-4-6-32)19-55-31-36-23-26(37-30(33)38-28(23)43)39(31)29-24(41)25-22(52-29)18-51-54(44,45)53-25/h21-22,24-25,29,41H,2-19H2,1H3,(H,34,42)(H,35,40)(H,44,45)(H3,33,37,38,43)/t21-,22+,24?,25-,29+/m0/s1. The third-order valence-electron chi connectivity index (χ3n) is 8.04. The average Bonchev–Trinajstić information content (AvgIpc) is 3.65. The number of ether oxygens (including phenoxy) is 6. The molecule has 0 aliphatic carbocycles. The number of aliphatic hydroxyl groups is 1. The zero-order valence-electron chi connectivity index (χ0n) is 30.6. The Labute approximate surface area is 326 Å². The topological polar surface area (TPSA) is 279 Å². The second-order valence-corrected chi connectivity index (χ2v) is 15.1. The summed E-state index contributed by atoms with van der Waals surface area (Å²) >= 11 is 6.62. The number of carbonyl (C=O) groups is 2. The van der Waals surface area contributed by atoms with Gasteiger partial charge in [-0.25, -0.2) is 9.55 Å². The zero-order chi connectivity index (χ0) is 39.6. The van der Waals surface area contributed by atoms with Crippen LogP contribution in [0, 0.1) is 0 Å². The molecule has 2 fully saturated rings. The molecule has 55 heavy (non-hydrogen) atoms. The molecule has 0 radical (unpaired) electrons. The number of amides is 2. The Kier molecular flexibility index (Phi) is 19.5. The number of hydrogen-bond acceptors (Lipinski definition) is 17. The molecule has 24 heteroatoms. The van der Waals surface area contributed by atoms with Gasteiger partial charge in [-0.3, -0.25) is 33.0 Å². The van der Waals surface area contributed by atoms with Crippen molar-refractivity contribution in [3.63, 3.8) is 0 Å². The minimum atomic E-state index is -4.43. The number of aliphatic hydroxyl groups excluding tert-OH is 1. The highest BCUT2D eigenvalue weighted by Gasteiger charge is 2.53. The third kappa shape index (κ3) is 14.8. The first-order chi connectivity index (χ1) is 26.5. The van der Waals surface area contributed by atoms with Gasteiger partial charge >= 0.3 is 7.82 Å². The van der Waals surface area contributed by atoms with Crippen molar-refractivity contribution in [3.8, 4) is 0 Å². The number of phosphoric ester groups is 1. The van der Waals surface area contributed by atoms with Crippen LogP contribution in [0.5, 0.6) is 0 Å². The highest BCUT2D eigenvalue weighted by Crippen LogP contribution is 2.53. The molecule has 2 aromatic rings. The van der Waals surface area contributed by atoms with E-state index in [2.05, 4.69) is 25.6 Å². The smallest absolute Gasteiger partial charge is 0.386 e. The first-order valence-electron chi connectivity index (χ1n) is 17.9. The molecule has 0 saturated carbocycles. The summed E-state index contributed by atoms with van der Waals surface area (Å²) in [4.78, 5) is 58.4. The van der Waals surface area contributed by atoms with Crippen molar-refractivity contribution in [3.05, 3.63) is 10.4 Å². The summed E-state index contributed by atoms with van der Waals surface area (Å²) < 4.78 is 56.6. The van der Waals surface area contributed by atoms with E-state index in [1.807, 2.05) is 0 Å². The van der Waals surface area contributed by atoms with Crippen LogP contribution in [0.25, 0.3) is 11.2 Å². The number of alkyl halides is 1. The number of imidazole rings is 1. The fraction of sp³-hybridized carbons (Fsp3) is 0.774. The maximum absolute atomic E-state index is 13.1. The van der Waals surface area contributed by atoms with Gasteiger partial charge in [-0.15, -0.1) is 11.6 Å². The molecule has 312 valence electrons. The second kappa shape index (κ2) is 23.7. The molecule has 2 aliphatic rings. The van der Waals surface area contributed by atoms with E-state index in [9.17, 15) is 28.9 Å². The number of unbranched alkanes of at least 4 members (excludes halogenated alkanes) is 3. The molecule has 0 bridgehead atoms. The number of rotatable bonds is 27. The van der Waals surface area contributed by atoms with Crippen molar-refractivity contribution in [1.29, 1.82) is 0 Å². The number of hydrogen-bond donors (Lipinski definition) is 6. The quantitative estimate of drug-likeness (QED) is 0.0300. The summed E-state index contributed by atoms with van der Waals surface area (Å²) in [6, 6.07) is -1.05. The van der Waals surface area contributed by atoms with Gasteiger partial charge in [-0.05, 0) is 12.8 Å². The number of nitrogens with zero attached hydrogens (tertiary/aromatic N) is 3. The Morgan fingerprint density at radius 1 is 1.02 bits per heavy atom. The predicted octanol–water partition coefficient (Wildman–Crippen LogP) is 0.0711. The number of thioether (sulfide) groups is 1. The third-order valence-corrected chi connectivity index (χ3v) is 10.3. The summed E-state index contributed by atoms with van der Waals surface area (Å²) in [5, 5.41) is 16.5.